The van der Waals surface area contributed by atoms with Crippen LogP contribution in [0.2, 0.25) is 0 Å². The van der Waals surface area contributed by atoms with Crippen LogP contribution in [0.1, 0.15) is 18.8 Å². The lowest BCUT2D eigenvalue weighted by molar-refractivity contribution is 0.731. The number of nitrogens with one attached hydrogen (secondary N) is 1. The van der Waals surface area contributed by atoms with E-state index in [-0.39, 0.29) is 17.1 Å². The maximum Gasteiger partial charge on any atom is 0.266 e. The number of thiazole rings is 1. The summed E-state index contributed by atoms with van der Waals surface area (Å²) in [6.07, 6.45) is 3.35. The van der Waals surface area contributed by atoms with Crippen LogP contribution in [0.3, 0.4) is 0 Å². The molecular formula is C29H24N8O2S. The van der Waals surface area contributed by atoms with E-state index in [4.69, 9.17) is 10.7 Å². The van der Waals surface area contributed by atoms with Gasteiger partial charge in [0.25, 0.3) is 5.56 Å². The molecule has 40 heavy (non-hydrogen) atoms. The zero-order valence-electron chi connectivity index (χ0n) is 21.6. The molecule has 0 saturated heterocycles. The zero-order chi connectivity index (χ0) is 27.8. The lowest BCUT2D eigenvalue weighted by Gasteiger charge is -2.21. The van der Waals surface area contributed by atoms with Gasteiger partial charge < -0.3 is 15.6 Å². The van der Waals surface area contributed by atoms with E-state index in [9.17, 15) is 9.59 Å². The number of nitrogens with two attached hydrogens (primary N) is 1. The molecule has 0 aliphatic carbocycles. The van der Waals surface area contributed by atoms with Gasteiger partial charge in [-0.25, -0.2) is 15.0 Å². The first-order chi connectivity index (χ1) is 19.4. The van der Waals surface area contributed by atoms with Crippen molar-refractivity contribution in [2.24, 2.45) is 7.05 Å². The molecule has 1 unspecified atom stereocenters. The third-order valence-electron chi connectivity index (χ3n) is 6.59. The summed E-state index contributed by atoms with van der Waals surface area (Å²) in [5.41, 5.74) is 11.4. The van der Waals surface area contributed by atoms with Gasteiger partial charge >= 0.3 is 0 Å². The molecule has 0 aliphatic heterocycles. The highest BCUT2D eigenvalue weighted by molar-refractivity contribution is 7.07. The van der Waals surface area contributed by atoms with Gasteiger partial charge in [0.15, 0.2) is 0 Å². The second-order valence-corrected chi connectivity index (χ2v) is 9.96. The summed E-state index contributed by atoms with van der Waals surface area (Å²) in [6.45, 7) is 1.91. The van der Waals surface area contributed by atoms with Crippen molar-refractivity contribution in [2.45, 2.75) is 13.0 Å². The van der Waals surface area contributed by atoms with Crippen LogP contribution < -0.4 is 22.2 Å². The highest BCUT2D eigenvalue weighted by Gasteiger charge is 2.22. The first kappa shape index (κ1) is 25.1. The maximum atomic E-state index is 14.3. The van der Waals surface area contributed by atoms with E-state index in [0.29, 0.717) is 45.1 Å². The highest BCUT2D eigenvalue weighted by Crippen LogP contribution is 2.31. The van der Waals surface area contributed by atoms with E-state index < -0.39 is 6.04 Å². The summed E-state index contributed by atoms with van der Waals surface area (Å²) < 4.78 is 3.10. The third kappa shape index (κ3) is 4.52. The number of benzene rings is 2. The van der Waals surface area contributed by atoms with Crippen molar-refractivity contribution >= 4 is 34.0 Å². The summed E-state index contributed by atoms with van der Waals surface area (Å²) in [4.78, 5) is 44.3. The van der Waals surface area contributed by atoms with Crippen molar-refractivity contribution in [1.82, 2.24) is 29.1 Å². The fourth-order valence-electron chi connectivity index (χ4n) is 4.67. The molecule has 1 atom stereocenters. The van der Waals surface area contributed by atoms with Gasteiger partial charge in [-0.05, 0) is 42.3 Å². The van der Waals surface area contributed by atoms with Crippen LogP contribution in [0, 0.1) is 0 Å². The Labute approximate surface area is 232 Å². The Morgan fingerprint density at radius 1 is 0.950 bits per heavy atom. The molecule has 2 aromatic carbocycles. The van der Waals surface area contributed by atoms with E-state index in [0.717, 1.165) is 5.56 Å². The Morgan fingerprint density at radius 3 is 2.52 bits per heavy atom. The number of nitrogen functional groups attached to an aromatic ring is 1. The SMILES string of the molecule is CC(Nc1nc(N)ncc1-c1cscn1)c1nc2cccc(-c3ccc(=O)n(C)c3)c2c(=O)n1-c1ccccc1. The quantitative estimate of drug-likeness (QED) is 0.312. The summed E-state index contributed by atoms with van der Waals surface area (Å²) in [6, 6.07) is 17.7. The van der Waals surface area contributed by atoms with Crippen molar-refractivity contribution in [3.63, 3.8) is 0 Å². The molecule has 0 aliphatic rings. The van der Waals surface area contributed by atoms with Gasteiger partial charge in [-0.2, -0.15) is 4.98 Å². The summed E-state index contributed by atoms with van der Waals surface area (Å²) in [5.74, 6) is 1.09. The molecule has 0 saturated carbocycles. The molecule has 6 rings (SSSR count). The molecule has 4 aromatic heterocycles. The van der Waals surface area contributed by atoms with Crippen molar-refractivity contribution in [3.05, 3.63) is 110 Å². The first-order valence-electron chi connectivity index (χ1n) is 12.5. The smallest absolute Gasteiger partial charge is 0.266 e. The number of pyridine rings is 1. The maximum absolute atomic E-state index is 14.3. The van der Waals surface area contributed by atoms with Crippen molar-refractivity contribution in [1.29, 1.82) is 0 Å². The molecule has 198 valence electrons. The van der Waals surface area contributed by atoms with Crippen LogP contribution in [0.4, 0.5) is 11.8 Å². The topological polar surface area (TPSA) is 134 Å². The number of hydrogen-bond acceptors (Lipinski definition) is 9. The standard InChI is InChI=1S/C29H24N8O2S/c1-17(33-26-21(13-31-29(30)35-26)23-15-40-16-32-23)27-34-22-10-6-9-20(18-11-12-24(38)36(2)14-18)25(22)28(39)37(27)19-7-4-3-5-8-19/h3-17H,1-2H3,(H3,30,31,33,35). The molecule has 0 fully saturated rings. The van der Waals surface area contributed by atoms with Gasteiger partial charge in [0.1, 0.15) is 11.6 Å². The second kappa shape index (κ2) is 10.2. The number of aromatic nitrogens is 6. The Hall–Kier alpha value is -5.16. The second-order valence-electron chi connectivity index (χ2n) is 9.24. The average Bonchev–Trinajstić information content (AvgIpc) is 3.49. The Morgan fingerprint density at radius 2 is 1.77 bits per heavy atom. The van der Waals surface area contributed by atoms with Crippen LogP contribution in [0.15, 0.2) is 93.5 Å². The van der Waals surface area contributed by atoms with E-state index in [1.807, 2.05) is 60.8 Å². The molecule has 0 spiro atoms. The number of anilines is 2. The van der Waals surface area contributed by atoms with Gasteiger partial charge in [-0.15, -0.1) is 11.3 Å². The minimum absolute atomic E-state index is 0.113. The van der Waals surface area contributed by atoms with E-state index >= 15 is 0 Å². The molecule has 10 nitrogen and oxygen atoms in total. The van der Waals surface area contributed by atoms with E-state index in [1.165, 1.54) is 22.0 Å². The molecular weight excluding hydrogens is 524 g/mol. The monoisotopic (exact) mass is 548 g/mol. The Balaban J connectivity index is 1.56. The van der Waals surface area contributed by atoms with Gasteiger partial charge in [0.05, 0.1) is 39.4 Å². The van der Waals surface area contributed by atoms with Crippen LogP contribution in [0.5, 0.6) is 0 Å². The van der Waals surface area contributed by atoms with Crippen LogP contribution in [-0.4, -0.2) is 29.1 Å². The van der Waals surface area contributed by atoms with Gasteiger partial charge in [-0.3, -0.25) is 14.2 Å². The summed E-state index contributed by atoms with van der Waals surface area (Å²) in [5, 5.41) is 5.75. The summed E-state index contributed by atoms with van der Waals surface area (Å²) in [7, 11) is 1.68. The summed E-state index contributed by atoms with van der Waals surface area (Å²) >= 11 is 1.46. The van der Waals surface area contributed by atoms with Crippen molar-refractivity contribution in [3.8, 4) is 28.1 Å². The number of rotatable bonds is 6. The number of aryl methyl sites for hydroxylation is 1. The molecule has 6 aromatic rings. The van der Waals surface area contributed by atoms with Crippen molar-refractivity contribution in [2.75, 3.05) is 11.1 Å². The molecule has 4 heterocycles. The molecule has 0 radical (unpaired) electrons. The van der Waals surface area contributed by atoms with Crippen LogP contribution >= 0.6 is 11.3 Å². The normalized spacial score (nSPS) is 11.9. The predicted octanol–water partition coefficient (Wildman–Crippen LogP) is 4.42. The number of nitrogens with zero attached hydrogens (tertiary/aromatic N) is 6. The molecule has 3 N–H and O–H groups in total. The number of fused-ring (bicyclic) bond motifs is 1. The highest BCUT2D eigenvalue weighted by atomic mass is 32.1. The Kier molecular flexibility index (Phi) is 6.40. The zero-order valence-corrected chi connectivity index (χ0v) is 22.5. The molecule has 11 heteroatoms. The first-order valence-corrected chi connectivity index (χ1v) is 13.4. The van der Waals surface area contributed by atoms with Crippen LogP contribution in [0.25, 0.3) is 39.0 Å². The largest absolute Gasteiger partial charge is 0.368 e. The van der Waals surface area contributed by atoms with Gasteiger partial charge in [0.2, 0.25) is 11.5 Å². The predicted molar refractivity (Wildman–Crippen MR) is 158 cm³/mol. The lowest BCUT2D eigenvalue weighted by atomic mass is 10.0. The van der Waals surface area contributed by atoms with Crippen LogP contribution in [-0.2, 0) is 7.05 Å². The third-order valence-corrected chi connectivity index (χ3v) is 7.18. The fraction of sp³-hybridized carbons (Fsp3) is 0.103. The van der Waals surface area contributed by atoms with Gasteiger partial charge in [0, 0.05) is 30.9 Å². The Bertz CT molecular complexity index is 1970. The molecule has 0 amide bonds. The minimum Gasteiger partial charge on any atom is -0.368 e. The van der Waals surface area contributed by atoms with Gasteiger partial charge in [-0.1, -0.05) is 30.3 Å². The van der Waals surface area contributed by atoms with E-state index in [2.05, 4.69) is 20.3 Å². The van der Waals surface area contributed by atoms with E-state index in [1.54, 1.807) is 35.6 Å². The average molecular weight is 549 g/mol. The number of hydrogen-bond donors (Lipinski definition) is 2. The minimum atomic E-state index is -0.467. The molecule has 0 bridgehead atoms. The fourth-order valence-corrected chi connectivity index (χ4v) is 5.22. The lowest BCUT2D eigenvalue weighted by Crippen LogP contribution is -2.28. The van der Waals surface area contributed by atoms with Crippen molar-refractivity contribution < 1.29 is 0 Å². The number of para-hydroxylation sites is 1.